The Hall–Kier alpha value is -0.890. The van der Waals surface area contributed by atoms with Crippen LogP contribution in [0.5, 0.6) is 0 Å². The van der Waals surface area contributed by atoms with Gasteiger partial charge in [0, 0.05) is 0 Å². The number of aldehydes is 1. The Balaban J connectivity index is 2.33. The molecule has 2 rings (SSSR count). The summed E-state index contributed by atoms with van der Waals surface area (Å²) in [4.78, 5) is 10.4. The van der Waals surface area contributed by atoms with E-state index in [4.69, 9.17) is 4.74 Å². The third-order valence-corrected chi connectivity index (χ3v) is 2.07. The molecule has 2 bridgehead atoms. The highest BCUT2D eigenvalue weighted by Crippen LogP contribution is 2.35. The van der Waals surface area contributed by atoms with Crippen LogP contribution in [0.25, 0.3) is 0 Å². The van der Waals surface area contributed by atoms with E-state index >= 15 is 0 Å². The minimum absolute atomic E-state index is 0.0141. The predicted octanol–water partition coefficient (Wildman–Crippen LogP) is 0.695. The van der Waals surface area contributed by atoms with Crippen molar-refractivity contribution in [1.29, 1.82) is 0 Å². The summed E-state index contributed by atoms with van der Waals surface area (Å²) in [5, 5.41) is 0. The Labute approximate surface area is 59.2 Å². The standard InChI is InChI=1S/C8H8O2/c1-5-6(4-9)8-3-2-7(5)10-8/h2-4,6-8H,1H2/t6-,7+,8-/m1/s1. The van der Waals surface area contributed by atoms with Crippen LogP contribution in [0.3, 0.4) is 0 Å². The Morgan fingerprint density at radius 1 is 1.60 bits per heavy atom. The van der Waals surface area contributed by atoms with Gasteiger partial charge in [-0.15, -0.1) is 0 Å². The van der Waals surface area contributed by atoms with Gasteiger partial charge in [0.15, 0.2) is 0 Å². The van der Waals surface area contributed by atoms with Gasteiger partial charge in [-0.2, -0.15) is 0 Å². The minimum atomic E-state index is -0.0880. The first-order chi connectivity index (χ1) is 4.83. The molecule has 0 aromatic heterocycles. The molecule has 2 heterocycles. The monoisotopic (exact) mass is 136 g/mol. The maximum absolute atomic E-state index is 10.4. The number of hydrogen-bond donors (Lipinski definition) is 0. The van der Waals surface area contributed by atoms with Crippen LogP contribution in [0.1, 0.15) is 0 Å². The van der Waals surface area contributed by atoms with Crippen LogP contribution < -0.4 is 0 Å². The summed E-state index contributed by atoms with van der Waals surface area (Å²) < 4.78 is 5.35. The van der Waals surface area contributed by atoms with Gasteiger partial charge >= 0.3 is 0 Å². The maximum Gasteiger partial charge on any atom is 0.130 e. The first-order valence-corrected chi connectivity index (χ1v) is 3.30. The van der Waals surface area contributed by atoms with Gasteiger partial charge in [-0.25, -0.2) is 0 Å². The maximum atomic E-state index is 10.4. The number of fused-ring (bicyclic) bond motifs is 2. The highest BCUT2D eigenvalue weighted by molar-refractivity contribution is 5.63. The number of rotatable bonds is 1. The zero-order chi connectivity index (χ0) is 7.14. The van der Waals surface area contributed by atoms with Crippen molar-refractivity contribution in [3.8, 4) is 0 Å². The molecule has 0 radical (unpaired) electrons. The summed E-state index contributed by atoms with van der Waals surface area (Å²) in [5.74, 6) is -0.0880. The van der Waals surface area contributed by atoms with Crippen molar-refractivity contribution < 1.29 is 9.53 Å². The molecule has 0 aromatic rings. The van der Waals surface area contributed by atoms with Crippen LogP contribution in [-0.4, -0.2) is 18.5 Å². The van der Waals surface area contributed by atoms with Crippen LogP contribution in [-0.2, 0) is 9.53 Å². The number of ether oxygens (including phenoxy) is 1. The van der Waals surface area contributed by atoms with Gasteiger partial charge in [0.2, 0.25) is 0 Å². The third kappa shape index (κ3) is 0.543. The average molecular weight is 136 g/mol. The van der Waals surface area contributed by atoms with E-state index in [0.717, 1.165) is 11.9 Å². The van der Waals surface area contributed by atoms with E-state index in [9.17, 15) is 4.79 Å². The lowest BCUT2D eigenvalue weighted by Crippen LogP contribution is -2.15. The van der Waals surface area contributed by atoms with Crippen LogP contribution in [0, 0.1) is 5.92 Å². The molecule has 0 unspecified atom stereocenters. The van der Waals surface area contributed by atoms with Crippen LogP contribution >= 0.6 is 0 Å². The van der Waals surface area contributed by atoms with Gasteiger partial charge in [0.1, 0.15) is 6.29 Å². The van der Waals surface area contributed by atoms with Crippen molar-refractivity contribution in [3.05, 3.63) is 24.3 Å². The third-order valence-electron chi connectivity index (χ3n) is 2.07. The lowest BCUT2D eigenvalue weighted by atomic mass is 9.91. The molecule has 1 saturated heterocycles. The lowest BCUT2D eigenvalue weighted by molar-refractivity contribution is -0.111. The average Bonchev–Trinajstić information content (AvgIpc) is 2.46. The van der Waals surface area contributed by atoms with E-state index in [-0.39, 0.29) is 18.1 Å². The summed E-state index contributed by atoms with van der Waals surface area (Å²) in [6.07, 6.45) is 4.79. The second kappa shape index (κ2) is 1.80. The van der Waals surface area contributed by atoms with Crippen LogP contribution in [0.4, 0.5) is 0 Å². The summed E-state index contributed by atoms with van der Waals surface area (Å²) >= 11 is 0. The van der Waals surface area contributed by atoms with Crippen molar-refractivity contribution in [2.45, 2.75) is 12.2 Å². The molecule has 1 fully saturated rings. The van der Waals surface area contributed by atoms with E-state index in [2.05, 4.69) is 6.58 Å². The Bertz CT molecular complexity index is 217. The van der Waals surface area contributed by atoms with Gasteiger partial charge in [-0.05, 0) is 5.57 Å². The zero-order valence-electron chi connectivity index (χ0n) is 5.49. The summed E-state index contributed by atoms with van der Waals surface area (Å²) in [6, 6.07) is 0. The van der Waals surface area contributed by atoms with E-state index in [1.54, 1.807) is 0 Å². The Morgan fingerprint density at radius 3 is 2.80 bits per heavy atom. The fourth-order valence-electron chi connectivity index (χ4n) is 1.45. The van der Waals surface area contributed by atoms with E-state index < -0.39 is 0 Å². The molecular weight excluding hydrogens is 128 g/mol. The molecule has 2 heteroatoms. The lowest BCUT2D eigenvalue weighted by Gasteiger charge is -2.08. The molecule has 0 saturated carbocycles. The van der Waals surface area contributed by atoms with Crippen molar-refractivity contribution in [2.24, 2.45) is 5.92 Å². The molecule has 0 aromatic carbocycles. The second-order valence-electron chi connectivity index (χ2n) is 2.64. The molecule has 52 valence electrons. The molecule has 3 atom stereocenters. The van der Waals surface area contributed by atoms with Crippen LogP contribution in [0.15, 0.2) is 24.3 Å². The quantitative estimate of drug-likeness (QED) is 0.391. The topological polar surface area (TPSA) is 26.3 Å². The summed E-state index contributed by atoms with van der Waals surface area (Å²) in [6.45, 7) is 3.78. The van der Waals surface area contributed by atoms with E-state index in [1.165, 1.54) is 0 Å². The van der Waals surface area contributed by atoms with Gasteiger partial charge in [0.05, 0.1) is 18.1 Å². The SMILES string of the molecule is C=C1[C@@H]2C=C[C@@H](O2)[C@@H]1C=O. The van der Waals surface area contributed by atoms with Crippen LogP contribution in [0.2, 0.25) is 0 Å². The smallest absolute Gasteiger partial charge is 0.130 e. The minimum Gasteiger partial charge on any atom is -0.361 e. The number of hydrogen-bond acceptors (Lipinski definition) is 2. The van der Waals surface area contributed by atoms with Gasteiger partial charge < -0.3 is 9.53 Å². The molecule has 0 N–H and O–H groups in total. The fourth-order valence-corrected chi connectivity index (χ4v) is 1.45. The van der Waals surface area contributed by atoms with Gasteiger partial charge in [0.25, 0.3) is 0 Å². The molecule has 0 spiro atoms. The van der Waals surface area contributed by atoms with Crippen molar-refractivity contribution in [2.75, 3.05) is 0 Å². The van der Waals surface area contributed by atoms with E-state index in [1.807, 2.05) is 12.2 Å². The highest BCUT2D eigenvalue weighted by Gasteiger charge is 2.39. The Morgan fingerprint density at radius 2 is 2.40 bits per heavy atom. The first-order valence-electron chi connectivity index (χ1n) is 3.30. The number of carbonyl (C=O) groups is 1. The van der Waals surface area contributed by atoms with Crippen molar-refractivity contribution >= 4 is 6.29 Å². The molecule has 0 amide bonds. The molecule has 10 heavy (non-hydrogen) atoms. The molecule has 2 aliphatic rings. The molecule has 0 aliphatic carbocycles. The van der Waals surface area contributed by atoms with Crippen molar-refractivity contribution in [1.82, 2.24) is 0 Å². The molecule has 2 aliphatic heterocycles. The van der Waals surface area contributed by atoms with E-state index in [0.29, 0.717) is 0 Å². The number of carbonyl (C=O) groups excluding carboxylic acids is 1. The molecular formula is C8H8O2. The highest BCUT2D eigenvalue weighted by atomic mass is 16.5. The predicted molar refractivity (Wildman–Crippen MR) is 36.5 cm³/mol. The first kappa shape index (κ1) is 5.86. The summed E-state index contributed by atoms with van der Waals surface area (Å²) in [5.41, 5.74) is 0.905. The summed E-state index contributed by atoms with van der Waals surface area (Å²) in [7, 11) is 0. The largest absolute Gasteiger partial charge is 0.361 e. The fraction of sp³-hybridized carbons (Fsp3) is 0.375. The van der Waals surface area contributed by atoms with Gasteiger partial charge in [-0.3, -0.25) is 0 Å². The van der Waals surface area contributed by atoms with Gasteiger partial charge in [-0.1, -0.05) is 18.7 Å². The Kier molecular flexibility index (Phi) is 1.05. The normalized spacial score (nSPS) is 42.8. The molecule has 2 nitrogen and oxygen atoms in total. The zero-order valence-corrected chi connectivity index (χ0v) is 5.49. The second-order valence-corrected chi connectivity index (χ2v) is 2.64. The van der Waals surface area contributed by atoms with Crippen molar-refractivity contribution in [3.63, 3.8) is 0 Å².